The van der Waals surface area contributed by atoms with Gasteiger partial charge in [-0.05, 0) is 29.5 Å². The minimum Gasteiger partial charge on any atom is -0.480 e. The molecule has 0 radical (unpaired) electrons. The topological polar surface area (TPSA) is 75.3 Å². The number of carbonyl (C=O) groups is 1. The van der Waals surface area contributed by atoms with Gasteiger partial charge in [-0.2, -0.15) is 0 Å². The molecule has 0 aliphatic carbocycles. The van der Waals surface area contributed by atoms with Gasteiger partial charge in [0.2, 0.25) is 0 Å². The molecule has 4 nitrogen and oxygen atoms in total. The van der Waals surface area contributed by atoms with Crippen molar-refractivity contribution in [3.63, 3.8) is 0 Å². The van der Waals surface area contributed by atoms with Crippen LogP contribution in [0.1, 0.15) is 31.9 Å². The highest BCUT2D eigenvalue weighted by atomic mass is 16.4. The highest BCUT2D eigenvalue weighted by Crippen LogP contribution is 2.22. The summed E-state index contributed by atoms with van der Waals surface area (Å²) >= 11 is 0. The average Bonchev–Trinajstić information content (AvgIpc) is 2.33. The van der Waals surface area contributed by atoms with Crippen LogP contribution in [0.15, 0.2) is 24.3 Å². The molecule has 1 unspecified atom stereocenters. The molecule has 0 aromatic heterocycles. The van der Waals surface area contributed by atoms with E-state index in [9.17, 15) is 4.79 Å². The molecule has 0 spiro atoms. The lowest BCUT2D eigenvalue weighted by Crippen LogP contribution is -2.40. The monoisotopic (exact) mass is 264 g/mol. The second-order valence-corrected chi connectivity index (χ2v) is 5.85. The summed E-state index contributed by atoms with van der Waals surface area (Å²) in [6.07, 6.45) is 0.872. The van der Waals surface area contributed by atoms with Gasteiger partial charge in [0.15, 0.2) is 0 Å². The number of nitrogens with one attached hydrogen (secondary N) is 1. The SMILES string of the molecule is CC(C)(C)c1ccc(CCNCC(N)C(=O)O)cc1. The van der Waals surface area contributed by atoms with Crippen LogP contribution in [-0.4, -0.2) is 30.2 Å². The molecular weight excluding hydrogens is 240 g/mol. The molecule has 0 saturated heterocycles. The summed E-state index contributed by atoms with van der Waals surface area (Å²) in [5.41, 5.74) is 8.13. The highest BCUT2D eigenvalue weighted by molar-refractivity contribution is 5.73. The number of hydrogen-bond donors (Lipinski definition) is 3. The third-order valence-electron chi connectivity index (χ3n) is 3.09. The van der Waals surface area contributed by atoms with E-state index in [1.807, 2.05) is 0 Å². The third kappa shape index (κ3) is 5.41. The van der Waals surface area contributed by atoms with Crippen molar-refractivity contribution in [2.24, 2.45) is 5.73 Å². The lowest BCUT2D eigenvalue weighted by atomic mass is 9.86. The van der Waals surface area contributed by atoms with Crippen LogP contribution in [0.4, 0.5) is 0 Å². The van der Waals surface area contributed by atoms with Gasteiger partial charge in [-0.3, -0.25) is 4.79 Å². The zero-order chi connectivity index (χ0) is 14.5. The molecule has 4 heteroatoms. The number of carboxylic acid groups (broad SMARTS) is 1. The number of aliphatic carboxylic acids is 1. The number of rotatable bonds is 6. The summed E-state index contributed by atoms with van der Waals surface area (Å²) in [5, 5.41) is 11.7. The quantitative estimate of drug-likeness (QED) is 0.681. The minimum atomic E-state index is -0.970. The Hall–Kier alpha value is -1.39. The Bertz CT molecular complexity index is 407. The molecule has 0 saturated carbocycles. The summed E-state index contributed by atoms with van der Waals surface area (Å²) < 4.78 is 0. The van der Waals surface area contributed by atoms with Crippen LogP contribution in [0.3, 0.4) is 0 Å². The molecule has 1 aromatic rings. The predicted molar refractivity (Wildman–Crippen MR) is 77.3 cm³/mol. The number of carboxylic acids is 1. The number of benzene rings is 1. The second-order valence-electron chi connectivity index (χ2n) is 5.85. The van der Waals surface area contributed by atoms with Gasteiger partial charge in [0, 0.05) is 6.54 Å². The van der Waals surface area contributed by atoms with E-state index in [2.05, 4.69) is 50.4 Å². The van der Waals surface area contributed by atoms with Crippen LogP contribution in [0, 0.1) is 0 Å². The predicted octanol–water partition coefficient (Wildman–Crippen LogP) is 1.53. The first-order valence-corrected chi connectivity index (χ1v) is 6.59. The molecule has 0 aliphatic rings. The van der Waals surface area contributed by atoms with Gasteiger partial charge in [0.05, 0.1) is 0 Å². The normalized spacial score (nSPS) is 13.3. The molecule has 1 atom stereocenters. The van der Waals surface area contributed by atoms with Crippen LogP contribution in [0.25, 0.3) is 0 Å². The Morgan fingerprint density at radius 3 is 2.37 bits per heavy atom. The van der Waals surface area contributed by atoms with Gasteiger partial charge >= 0.3 is 5.97 Å². The average molecular weight is 264 g/mol. The molecular formula is C15H24N2O2. The maximum Gasteiger partial charge on any atom is 0.321 e. The molecule has 106 valence electrons. The van der Waals surface area contributed by atoms with E-state index < -0.39 is 12.0 Å². The van der Waals surface area contributed by atoms with Crippen molar-refractivity contribution in [1.29, 1.82) is 0 Å². The first kappa shape index (κ1) is 15.7. The largest absolute Gasteiger partial charge is 0.480 e. The first-order chi connectivity index (χ1) is 8.80. The van der Waals surface area contributed by atoms with Crippen molar-refractivity contribution in [3.05, 3.63) is 35.4 Å². The fourth-order valence-corrected chi connectivity index (χ4v) is 1.75. The van der Waals surface area contributed by atoms with E-state index in [1.54, 1.807) is 0 Å². The van der Waals surface area contributed by atoms with E-state index in [1.165, 1.54) is 11.1 Å². The summed E-state index contributed by atoms with van der Waals surface area (Å²) in [5.74, 6) is -0.970. The lowest BCUT2D eigenvalue weighted by molar-refractivity contribution is -0.138. The van der Waals surface area contributed by atoms with Crippen molar-refractivity contribution in [2.45, 2.75) is 38.6 Å². The van der Waals surface area contributed by atoms with Crippen LogP contribution >= 0.6 is 0 Å². The Morgan fingerprint density at radius 2 is 1.89 bits per heavy atom. The van der Waals surface area contributed by atoms with E-state index in [0.29, 0.717) is 6.54 Å². The summed E-state index contributed by atoms with van der Waals surface area (Å²) in [6, 6.07) is 7.72. The molecule has 0 heterocycles. The van der Waals surface area contributed by atoms with E-state index in [4.69, 9.17) is 10.8 Å². The van der Waals surface area contributed by atoms with Crippen LogP contribution in [-0.2, 0) is 16.6 Å². The van der Waals surface area contributed by atoms with E-state index >= 15 is 0 Å². The van der Waals surface area contributed by atoms with Crippen molar-refractivity contribution in [3.8, 4) is 0 Å². The van der Waals surface area contributed by atoms with Gasteiger partial charge in [-0.15, -0.1) is 0 Å². The van der Waals surface area contributed by atoms with Crippen LogP contribution in [0.5, 0.6) is 0 Å². The second kappa shape index (κ2) is 6.68. The maximum absolute atomic E-state index is 10.5. The molecule has 0 bridgehead atoms. The molecule has 0 aliphatic heterocycles. The molecule has 0 fully saturated rings. The Balaban J connectivity index is 2.37. The van der Waals surface area contributed by atoms with Crippen molar-refractivity contribution in [2.75, 3.05) is 13.1 Å². The Kier molecular flexibility index (Phi) is 5.51. The van der Waals surface area contributed by atoms with Gasteiger partial charge in [0.1, 0.15) is 6.04 Å². The first-order valence-electron chi connectivity index (χ1n) is 6.59. The summed E-state index contributed by atoms with van der Waals surface area (Å²) in [4.78, 5) is 10.5. The van der Waals surface area contributed by atoms with Crippen LogP contribution in [0.2, 0.25) is 0 Å². The van der Waals surface area contributed by atoms with Gasteiger partial charge < -0.3 is 16.2 Å². The molecule has 4 N–H and O–H groups in total. The standard InChI is InChI=1S/C15H24N2O2/c1-15(2,3)12-6-4-11(5-7-12)8-9-17-10-13(16)14(18)19/h4-7,13,17H,8-10,16H2,1-3H3,(H,18,19). The highest BCUT2D eigenvalue weighted by Gasteiger charge is 2.13. The van der Waals surface area contributed by atoms with Crippen molar-refractivity contribution < 1.29 is 9.90 Å². The third-order valence-corrected chi connectivity index (χ3v) is 3.09. The minimum absolute atomic E-state index is 0.172. The summed E-state index contributed by atoms with van der Waals surface area (Å²) in [6.45, 7) is 7.61. The number of hydrogen-bond acceptors (Lipinski definition) is 3. The smallest absolute Gasteiger partial charge is 0.321 e. The maximum atomic E-state index is 10.5. The van der Waals surface area contributed by atoms with Gasteiger partial charge in [-0.1, -0.05) is 45.0 Å². The fraction of sp³-hybridized carbons (Fsp3) is 0.533. The van der Waals surface area contributed by atoms with Crippen molar-refractivity contribution >= 4 is 5.97 Å². The van der Waals surface area contributed by atoms with E-state index in [0.717, 1.165) is 13.0 Å². The summed E-state index contributed by atoms with van der Waals surface area (Å²) in [7, 11) is 0. The van der Waals surface area contributed by atoms with Crippen LogP contribution < -0.4 is 11.1 Å². The van der Waals surface area contributed by atoms with Gasteiger partial charge in [-0.25, -0.2) is 0 Å². The lowest BCUT2D eigenvalue weighted by Gasteiger charge is -2.19. The van der Waals surface area contributed by atoms with Gasteiger partial charge in [0.25, 0.3) is 0 Å². The zero-order valence-corrected chi connectivity index (χ0v) is 11.9. The molecule has 1 rings (SSSR count). The zero-order valence-electron chi connectivity index (χ0n) is 11.9. The molecule has 0 amide bonds. The number of nitrogens with two attached hydrogens (primary N) is 1. The molecule has 19 heavy (non-hydrogen) atoms. The Morgan fingerprint density at radius 1 is 1.32 bits per heavy atom. The van der Waals surface area contributed by atoms with E-state index in [-0.39, 0.29) is 5.41 Å². The fourth-order valence-electron chi connectivity index (χ4n) is 1.75. The Labute approximate surface area is 115 Å². The molecule has 1 aromatic carbocycles. The van der Waals surface area contributed by atoms with Crippen molar-refractivity contribution in [1.82, 2.24) is 5.32 Å².